The summed E-state index contributed by atoms with van der Waals surface area (Å²) in [6.45, 7) is -4.39. The van der Waals surface area contributed by atoms with Crippen molar-refractivity contribution in [2.75, 3.05) is 33.0 Å². The van der Waals surface area contributed by atoms with Gasteiger partial charge in [-0.25, -0.2) is 0 Å². The minimum Gasteiger partial charge on any atom is -0.394 e. The van der Waals surface area contributed by atoms with Gasteiger partial charge in [0.05, 0.1) is 33.0 Å². The zero-order chi connectivity index (χ0) is 41.3. The molecule has 56 heavy (non-hydrogen) atoms. The van der Waals surface area contributed by atoms with E-state index in [4.69, 9.17) is 42.6 Å². The first-order chi connectivity index (χ1) is 26.5. The Morgan fingerprint density at radius 2 is 0.625 bits per heavy atom. The summed E-state index contributed by atoms with van der Waals surface area (Å²) in [5.41, 5.74) is 0. The van der Waals surface area contributed by atoms with E-state index in [0.717, 1.165) is 0 Å². The molecule has 0 spiro atoms. The summed E-state index contributed by atoms with van der Waals surface area (Å²) < 4.78 is 49.5. The molecule has 26 heteroatoms. The molecule has 5 fully saturated rings. The molecule has 0 aromatic rings. The highest BCUT2D eigenvalue weighted by Gasteiger charge is 2.55. The minimum atomic E-state index is -2.13. The van der Waals surface area contributed by atoms with Crippen LogP contribution in [0.15, 0.2) is 0 Å². The van der Waals surface area contributed by atoms with Crippen LogP contribution in [-0.2, 0) is 42.6 Å². The number of aliphatic hydroxyl groups is 17. The van der Waals surface area contributed by atoms with E-state index in [2.05, 4.69) is 0 Å². The molecule has 25 atom stereocenters. The van der Waals surface area contributed by atoms with Crippen LogP contribution in [0.25, 0.3) is 0 Å². The molecule has 0 amide bonds. The van der Waals surface area contributed by atoms with E-state index in [-0.39, 0.29) is 0 Å². The zero-order valence-corrected chi connectivity index (χ0v) is 29.2. The van der Waals surface area contributed by atoms with E-state index in [1.54, 1.807) is 0 Å². The maximum atomic E-state index is 11.3. The van der Waals surface area contributed by atoms with Gasteiger partial charge < -0.3 is 129 Å². The maximum Gasteiger partial charge on any atom is 0.187 e. The van der Waals surface area contributed by atoms with Crippen molar-refractivity contribution in [3.05, 3.63) is 0 Å². The molecule has 328 valence electrons. The third kappa shape index (κ3) is 9.31. The van der Waals surface area contributed by atoms with E-state index in [1.165, 1.54) is 0 Å². The van der Waals surface area contributed by atoms with Gasteiger partial charge in [-0.2, -0.15) is 0 Å². The highest BCUT2D eigenvalue weighted by molar-refractivity contribution is 4.98. The van der Waals surface area contributed by atoms with Crippen LogP contribution in [0.3, 0.4) is 0 Å². The lowest BCUT2D eigenvalue weighted by atomic mass is 9.96. The van der Waals surface area contributed by atoms with E-state index < -0.39 is 187 Å². The van der Waals surface area contributed by atoms with Gasteiger partial charge in [-0.15, -0.1) is 0 Å². The molecule has 5 saturated heterocycles. The first-order valence-corrected chi connectivity index (χ1v) is 17.6. The summed E-state index contributed by atoms with van der Waals surface area (Å²) in [6.07, 6.45) is -46.2. The molecule has 26 nitrogen and oxygen atoms in total. The summed E-state index contributed by atoms with van der Waals surface area (Å²) in [7, 11) is 0. The Labute approximate surface area is 316 Å². The minimum absolute atomic E-state index is 0.819. The molecule has 0 aromatic heterocycles. The first kappa shape index (κ1) is 46.0. The molecule has 5 aliphatic heterocycles. The van der Waals surface area contributed by atoms with E-state index >= 15 is 0 Å². The zero-order valence-electron chi connectivity index (χ0n) is 29.2. The SMILES string of the molecule is OC[C@H]1O[C@@H](O[C@H]2[C@H](O)[C@@H](O)[C@H](OC[C@H]3O[C@@H](O[C@@H]4[C@H](O)[C@@H](O)C(O)O[C@@H]4CO)[C@H](O)[C@@H](O)[C@@H]3O[C@@H]3O[C@H](CO)[C@@H](O)[C@H](O)[C@H]3O)O[C@@H]2CO)[C@H](O)[C@@H](O)[C@H]1O. The van der Waals surface area contributed by atoms with Gasteiger partial charge in [-0.05, 0) is 0 Å². The summed E-state index contributed by atoms with van der Waals surface area (Å²) in [5.74, 6) is 0. The molecule has 0 aromatic carbocycles. The largest absolute Gasteiger partial charge is 0.394 e. The topological polar surface area (TPSA) is 427 Å². The second-order valence-corrected chi connectivity index (χ2v) is 14.0. The second kappa shape index (κ2) is 19.6. The molecule has 0 saturated carbocycles. The number of hydrogen-bond donors (Lipinski definition) is 17. The van der Waals surface area contributed by atoms with Crippen molar-refractivity contribution >= 4 is 0 Å². The average molecular weight is 829 g/mol. The molecule has 1 unspecified atom stereocenters. The predicted octanol–water partition coefficient (Wildman–Crippen LogP) is -11.9. The number of rotatable bonds is 13. The van der Waals surface area contributed by atoms with Crippen molar-refractivity contribution in [2.45, 2.75) is 154 Å². The van der Waals surface area contributed by atoms with Gasteiger partial charge >= 0.3 is 0 Å². The second-order valence-electron chi connectivity index (χ2n) is 14.0. The fraction of sp³-hybridized carbons (Fsp3) is 1.00. The van der Waals surface area contributed by atoms with Gasteiger partial charge in [0.1, 0.15) is 122 Å². The van der Waals surface area contributed by atoms with Crippen LogP contribution in [-0.4, -0.2) is 273 Å². The van der Waals surface area contributed by atoms with Gasteiger partial charge in [0.25, 0.3) is 0 Å². The van der Waals surface area contributed by atoms with Gasteiger partial charge in [0.15, 0.2) is 31.5 Å². The Balaban J connectivity index is 1.34. The van der Waals surface area contributed by atoms with Gasteiger partial charge in [-0.1, -0.05) is 0 Å². The lowest BCUT2D eigenvalue weighted by Crippen LogP contribution is -2.67. The Morgan fingerprint density at radius 3 is 1.05 bits per heavy atom. The third-order valence-corrected chi connectivity index (χ3v) is 10.3. The highest BCUT2D eigenvalue weighted by atomic mass is 16.8. The molecular formula is C30H52O26. The smallest absolute Gasteiger partial charge is 0.187 e. The molecule has 0 aliphatic carbocycles. The Hall–Kier alpha value is -1.04. The summed E-state index contributed by atoms with van der Waals surface area (Å²) in [6, 6.07) is 0. The van der Waals surface area contributed by atoms with E-state index in [1.807, 2.05) is 0 Å². The number of ether oxygens (including phenoxy) is 9. The van der Waals surface area contributed by atoms with Gasteiger partial charge in [0.2, 0.25) is 0 Å². The van der Waals surface area contributed by atoms with E-state index in [0.29, 0.717) is 0 Å². The fourth-order valence-corrected chi connectivity index (χ4v) is 6.93. The first-order valence-electron chi connectivity index (χ1n) is 17.6. The molecular weight excluding hydrogens is 776 g/mol. The highest BCUT2D eigenvalue weighted by Crippen LogP contribution is 2.34. The molecule has 5 aliphatic rings. The quantitative estimate of drug-likeness (QED) is 0.0819. The predicted molar refractivity (Wildman–Crippen MR) is 167 cm³/mol. The Bertz CT molecular complexity index is 1200. The van der Waals surface area contributed by atoms with Gasteiger partial charge in [-0.3, -0.25) is 0 Å². The third-order valence-electron chi connectivity index (χ3n) is 10.3. The number of hydrogen-bond acceptors (Lipinski definition) is 26. The van der Waals surface area contributed by atoms with Crippen LogP contribution in [0, 0.1) is 0 Å². The van der Waals surface area contributed by atoms with Crippen molar-refractivity contribution in [2.24, 2.45) is 0 Å². The fourth-order valence-electron chi connectivity index (χ4n) is 6.93. The summed E-state index contributed by atoms with van der Waals surface area (Å²) in [5, 5.41) is 175. The van der Waals surface area contributed by atoms with Crippen molar-refractivity contribution in [3.63, 3.8) is 0 Å². The standard InChI is InChI=1S/C30H52O26/c31-1-6-11(35)13(37)19(43)28(50-6)55-24-9(4-34)52-27(21(45)16(24)40)48-5-10-25(56-29-20(44)14(38)12(36)7(2-32)51-29)17(41)22(46)30(53-10)54-23-8(3-33)49-26(47)18(42)15(23)39/h6-47H,1-5H2/t6-,7-,8-,9-,10-,11+,12-,13+,14+,15-,16-,17-,18-,19-,20-,21-,22-,23+,24-,25-,26?,27-,28+,29+,30+/m1/s1. The van der Waals surface area contributed by atoms with Crippen LogP contribution in [0.5, 0.6) is 0 Å². The van der Waals surface area contributed by atoms with Crippen LogP contribution < -0.4 is 0 Å². The van der Waals surface area contributed by atoms with Crippen LogP contribution in [0.2, 0.25) is 0 Å². The summed E-state index contributed by atoms with van der Waals surface area (Å²) >= 11 is 0. The Morgan fingerprint density at radius 1 is 0.304 bits per heavy atom. The van der Waals surface area contributed by atoms with Crippen molar-refractivity contribution < 1.29 is 129 Å². The molecule has 5 rings (SSSR count). The summed E-state index contributed by atoms with van der Waals surface area (Å²) in [4.78, 5) is 0. The van der Waals surface area contributed by atoms with Gasteiger partial charge in [0, 0.05) is 0 Å². The molecule has 0 bridgehead atoms. The lowest BCUT2D eigenvalue weighted by Gasteiger charge is -2.48. The van der Waals surface area contributed by atoms with E-state index in [9.17, 15) is 86.8 Å². The number of aliphatic hydroxyl groups excluding tert-OH is 17. The Kier molecular flexibility index (Phi) is 16.1. The average Bonchev–Trinajstić information content (AvgIpc) is 3.19. The lowest BCUT2D eigenvalue weighted by molar-refractivity contribution is -0.386. The normalized spacial score (nSPS) is 53.2. The molecule has 17 N–H and O–H groups in total. The van der Waals surface area contributed by atoms with Crippen molar-refractivity contribution in [1.29, 1.82) is 0 Å². The molecule has 5 heterocycles. The van der Waals surface area contributed by atoms with Crippen molar-refractivity contribution in [1.82, 2.24) is 0 Å². The maximum absolute atomic E-state index is 11.3. The molecule has 0 radical (unpaired) electrons. The van der Waals surface area contributed by atoms with Crippen LogP contribution in [0.1, 0.15) is 0 Å². The monoisotopic (exact) mass is 828 g/mol. The van der Waals surface area contributed by atoms with Crippen LogP contribution >= 0.6 is 0 Å². The van der Waals surface area contributed by atoms with Crippen molar-refractivity contribution in [3.8, 4) is 0 Å². The van der Waals surface area contributed by atoms with Crippen LogP contribution in [0.4, 0.5) is 0 Å².